The smallest absolute Gasteiger partial charge is 0.209 e. The monoisotopic (exact) mass is 414 g/mol. The number of hydrogen-bond donors (Lipinski definition) is 1. The quantitative estimate of drug-likeness (QED) is 0.737. The van der Waals surface area contributed by atoms with Gasteiger partial charge < -0.3 is 9.80 Å². The molecular formula is C19H31ClN4O2S. The maximum Gasteiger partial charge on any atom is 0.209 e. The van der Waals surface area contributed by atoms with Crippen molar-refractivity contribution in [2.45, 2.75) is 19.3 Å². The van der Waals surface area contributed by atoms with Crippen molar-refractivity contribution in [1.29, 1.82) is 0 Å². The molecular weight excluding hydrogens is 384 g/mol. The van der Waals surface area contributed by atoms with Gasteiger partial charge in [0.15, 0.2) is 0 Å². The fourth-order valence-electron chi connectivity index (χ4n) is 4.13. The van der Waals surface area contributed by atoms with Gasteiger partial charge in [-0.15, -0.1) is 0 Å². The molecule has 0 aliphatic carbocycles. The van der Waals surface area contributed by atoms with Crippen molar-refractivity contribution >= 4 is 27.3 Å². The second-order valence-electron chi connectivity index (χ2n) is 7.78. The first-order chi connectivity index (χ1) is 12.9. The first-order valence-corrected chi connectivity index (χ1v) is 11.9. The Morgan fingerprint density at radius 2 is 1.63 bits per heavy atom. The van der Waals surface area contributed by atoms with Crippen molar-refractivity contribution in [1.82, 2.24) is 9.80 Å². The van der Waals surface area contributed by atoms with E-state index in [4.69, 9.17) is 16.7 Å². The third-order valence-electron chi connectivity index (χ3n) is 5.67. The van der Waals surface area contributed by atoms with Crippen LogP contribution in [0.3, 0.4) is 0 Å². The Hall–Kier alpha value is -0.860. The highest BCUT2D eigenvalue weighted by Gasteiger charge is 2.23. The molecule has 0 amide bonds. The van der Waals surface area contributed by atoms with E-state index in [0.717, 1.165) is 76.6 Å². The van der Waals surface area contributed by atoms with Gasteiger partial charge in [-0.3, -0.25) is 4.90 Å². The van der Waals surface area contributed by atoms with Gasteiger partial charge in [0.1, 0.15) is 0 Å². The van der Waals surface area contributed by atoms with Gasteiger partial charge in [-0.05, 0) is 69.6 Å². The summed E-state index contributed by atoms with van der Waals surface area (Å²) in [6.07, 6.45) is 3.04. The van der Waals surface area contributed by atoms with Crippen LogP contribution in [0.5, 0.6) is 0 Å². The molecule has 0 unspecified atom stereocenters. The van der Waals surface area contributed by atoms with Gasteiger partial charge in [0.2, 0.25) is 10.0 Å². The lowest BCUT2D eigenvalue weighted by Gasteiger charge is -2.37. The zero-order chi connectivity index (χ0) is 19.3. The fourth-order valence-corrected chi connectivity index (χ4v) is 5.30. The maximum absolute atomic E-state index is 11.2. The molecule has 2 fully saturated rings. The molecule has 8 heteroatoms. The average molecular weight is 415 g/mol. The van der Waals surface area contributed by atoms with Crippen molar-refractivity contribution in [3.8, 4) is 0 Å². The van der Waals surface area contributed by atoms with Crippen LogP contribution in [0.25, 0.3) is 0 Å². The van der Waals surface area contributed by atoms with Crippen LogP contribution in [0.4, 0.5) is 5.69 Å². The summed E-state index contributed by atoms with van der Waals surface area (Å²) < 4.78 is 22.4. The molecule has 27 heavy (non-hydrogen) atoms. The lowest BCUT2D eigenvalue weighted by Crippen LogP contribution is -2.47. The Morgan fingerprint density at radius 3 is 2.22 bits per heavy atom. The number of halogens is 1. The average Bonchev–Trinajstić information content (AvgIpc) is 2.63. The van der Waals surface area contributed by atoms with Crippen molar-refractivity contribution in [2.24, 2.45) is 11.1 Å². The van der Waals surface area contributed by atoms with Crippen molar-refractivity contribution in [3.05, 3.63) is 29.3 Å². The number of nitrogens with zero attached hydrogens (tertiary/aromatic N) is 3. The summed E-state index contributed by atoms with van der Waals surface area (Å²) in [4.78, 5) is 7.40. The Labute approximate surface area is 168 Å². The molecule has 2 saturated heterocycles. The molecule has 0 aromatic heterocycles. The Bertz CT molecular complexity index is 699. The van der Waals surface area contributed by atoms with Crippen LogP contribution >= 0.6 is 11.6 Å². The second kappa shape index (κ2) is 9.56. The van der Waals surface area contributed by atoms with E-state index in [1.165, 1.54) is 5.69 Å². The summed E-state index contributed by atoms with van der Waals surface area (Å²) in [6, 6.07) is 8.09. The molecule has 0 saturated carbocycles. The molecule has 0 atom stereocenters. The largest absolute Gasteiger partial charge is 0.369 e. The zero-order valence-electron chi connectivity index (χ0n) is 15.9. The van der Waals surface area contributed by atoms with Gasteiger partial charge in [-0.1, -0.05) is 17.7 Å². The normalized spacial score (nSPS) is 20.9. The molecule has 6 nitrogen and oxygen atoms in total. The van der Waals surface area contributed by atoms with Crippen molar-refractivity contribution in [2.75, 3.05) is 63.0 Å². The highest BCUT2D eigenvalue weighted by Crippen LogP contribution is 2.21. The van der Waals surface area contributed by atoms with Gasteiger partial charge in [0, 0.05) is 36.9 Å². The van der Waals surface area contributed by atoms with E-state index in [1.807, 2.05) is 18.2 Å². The molecule has 2 aliphatic heterocycles. The number of likely N-dealkylation sites (tertiary alicyclic amines) is 1. The predicted molar refractivity (Wildman–Crippen MR) is 112 cm³/mol. The van der Waals surface area contributed by atoms with Crippen LogP contribution in [0.2, 0.25) is 5.02 Å². The van der Waals surface area contributed by atoms with Crippen LogP contribution in [0, 0.1) is 5.92 Å². The van der Waals surface area contributed by atoms with Crippen LogP contribution in [-0.2, 0) is 10.0 Å². The minimum atomic E-state index is -3.34. The van der Waals surface area contributed by atoms with E-state index in [-0.39, 0.29) is 11.7 Å². The van der Waals surface area contributed by atoms with E-state index < -0.39 is 10.0 Å². The zero-order valence-corrected chi connectivity index (χ0v) is 17.5. The highest BCUT2D eigenvalue weighted by atomic mass is 35.5. The Morgan fingerprint density at radius 1 is 1.00 bits per heavy atom. The van der Waals surface area contributed by atoms with Gasteiger partial charge >= 0.3 is 0 Å². The van der Waals surface area contributed by atoms with E-state index in [2.05, 4.69) is 20.8 Å². The number of rotatable bonds is 7. The molecule has 0 radical (unpaired) electrons. The molecule has 152 valence electrons. The minimum absolute atomic E-state index is 0.137. The summed E-state index contributed by atoms with van der Waals surface area (Å²) in [5, 5.41) is 5.96. The Balaban J connectivity index is 1.31. The third-order valence-corrected chi connectivity index (χ3v) is 6.84. The SMILES string of the molecule is NS(=O)(=O)CC1CCN(CCCN2CCN(c3cccc(Cl)c3)CC2)CC1. The molecule has 1 aromatic rings. The highest BCUT2D eigenvalue weighted by molar-refractivity contribution is 7.89. The van der Waals surface area contributed by atoms with Crippen molar-refractivity contribution in [3.63, 3.8) is 0 Å². The van der Waals surface area contributed by atoms with Gasteiger partial charge in [0.05, 0.1) is 5.75 Å². The first-order valence-electron chi connectivity index (χ1n) is 9.85. The fraction of sp³-hybridized carbons (Fsp3) is 0.684. The molecule has 2 aliphatic rings. The van der Waals surface area contributed by atoms with E-state index >= 15 is 0 Å². The van der Waals surface area contributed by atoms with Crippen LogP contribution in [0.1, 0.15) is 19.3 Å². The minimum Gasteiger partial charge on any atom is -0.369 e. The molecule has 2 heterocycles. The third kappa shape index (κ3) is 6.91. The molecule has 0 spiro atoms. The number of anilines is 1. The lowest BCUT2D eigenvalue weighted by molar-refractivity contribution is 0.175. The van der Waals surface area contributed by atoms with Gasteiger partial charge in [-0.25, -0.2) is 13.6 Å². The van der Waals surface area contributed by atoms with Gasteiger partial charge in [0.25, 0.3) is 0 Å². The maximum atomic E-state index is 11.2. The molecule has 0 bridgehead atoms. The lowest BCUT2D eigenvalue weighted by atomic mass is 9.99. The number of hydrogen-bond acceptors (Lipinski definition) is 5. The molecule has 3 rings (SSSR count). The Kier molecular flexibility index (Phi) is 7.39. The van der Waals surface area contributed by atoms with Crippen LogP contribution < -0.4 is 10.0 Å². The van der Waals surface area contributed by atoms with E-state index in [0.29, 0.717) is 0 Å². The topological polar surface area (TPSA) is 69.9 Å². The number of primary sulfonamides is 1. The number of piperazine rings is 1. The van der Waals surface area contributed by atoms with Gasteiger partial charge in [-0.2, -0.15) is 0 Å². The second-order valence-corrected chi connectivity index (χ2v) is 9.87. The number of benzene rings is 1. The van der Waals surface area contributed by atoms with Crippen molar-refractivity contribution < 1.29 is 8.42 Å². The molecule has 2 N–H and O–H groups in total. The first kappa shape index (κ1) is 20.9. The van der Waals surface area contributed by atoms with Crippen LogP contribution in [-0.4, -0.2) is 76.3 Å². The number of sulfonamides is 1. The predicted octanol–water partition coefficient (Wildman–Crippen LogP) is 1.85. The summed E-state index contributed by atoms with van der Waals surface area (Å²) in [6.45, 7) is 8.45. The van der Waals surface area contributed by atoms with Crippen LogP contribution in [0.15, 0.2) is 24.3 Å². The summed E-state index contributed by atoms with van der Waals surface area (Å²) in [5.74, 6) is 0.369. The number of nitrogens with two attached hydrogens (primary N) is 1. The standard InChI is InChI=1S/C19H31ClN4O2S/c20-18-3-1-4-19(15-18)24-13-11-23(12-14-24)8-2-7-22-9-5-17(6-10-22)16-27(21,25)26/h1,3-4,15,17H,2,5-14,16H2,(H2,21,25,26). The summed E-state index contributed by atoms with van der Waals surface area (Å²) in [7, 11) is -3.34. The molecule has 1 aromatic carbocycles. The summed E-state index contributed by atoms with van der Waals surface area (Å²) >= 11 is 6.10. The number of piperidine rings is 1. The van der Waals surface area contributed by atoms with E-state index in [1.54, 1.807) is 0 Å². The van der Waals surface area contributed by atoms with E-state index in [9.17, 15) is 8.42 Å². The summed E-state index contributed by atoms with van der Waals surface area (Å²) in [5.41, 5.74) is 1.21.